The van der Waals surface area contributed by atoms with E-state index in [0.717, 1.165) is 38.3 Å². The van der Waals surface area contributed by atoms with E-state index in [2.05, 4.69) is 17.4 Å². The Bertz CT molecular complexity index is 401. The molecule has 3 heteroatoms. The van der Waals surface area contributed by atoms with Crippen LogP contribution in [-0.4, -0.2) is 31.4 Å². The molecule has 1 atom stereocenters. The molecule has 1 aromatic rings. The summed E-state index contributed by atoms with van der Waals surface area (Å²) < 4.78 is 5.65. The van der Waals surface area contributed by atoms with Crippen molar-refractivity contribution >= 4 is 0 Å². The average Bonchev–Trinajstić information content (AvgIpc) is 3.04. The number of hydrogen-bond acceptors (Lipinski definition) is 3. The highest BCUT2D eigenvalue weighted by molar-refractivity contribution is 5.39. The smallest absolute Gasteiger partial charge is 0.122 e. The van der Waals surface area contributed by atoms with Crippen molar-refractivity contribution in [1.29, 1.82) is 0 Å². The summed E-state index contributed by atoms with van der Waals surface area (Å²) in [5, 5.41) is 12.7. The minimum atomic E-state index is 0.193. The van der Waals surface area contributed by atoms with Crippen molar-refractivity contribution in [3.8, 4) is 5.75 Å². The fourth-order valence-electron chi connectivity index (χ4n) is 2.48. The number of nitrogens with one attached hydrogen (secondary N) is 1. The summed E-state index contributed by atoms with van der Waals surface area (Å²) in [6, 6.07) is 8.26. The van der Waals surface area contributed by atoms with Gasteiger partial charge in [-0.15, -0.1) is 0 Å². The molecule has 1 aliphatic carbocycles. The molecule has 2 aliphatic rings. The molecule has 2 N–H and O–H groups in total. The minimum Gasteiger partial charge on any atom is -0.493 e. The molecule has 0 bridgehead atoms. The van der Waals surface area contributed by atoms with Crippen molar-refractivity contribution in [1.82, 2.24) is 5.32 Å². The molecular formula is C14H19NO2. The first-order valence-electron chi connectivity index (χ1n) is 6.36. The zero-order valence-electron chi connectivity index (χ0n) is 9.98. The van der Waals surface area contributed by atoms with Crippen LogP contribution in [0.25, 0.3) is 0 Å². The lowest BCUT2D eigenvalue weighted by Crippen LogP contribution is -2.30. The Morgan fingerprint density at radius 1 is 1.35 bits per heavy atom. The summed E-state index contributed by atoms with van der Waals surface area (Å²) in [4.78, 5) is 0. The summed E-state index contributed by atoms with van der Waals surface area (Å²) in [6.45, 7) is 2.97. The molecule has 1 heterocycles. The van der Waals surface area contributed by atoms with Crippen molar-refractivity contribution in [2.45, 2.75) is 18.8 Å². The van der Waals surface area contributed by atoms with Crippen LogP contribution < -0.4 is 10.1 Å². The molecule has 1 aliphatic heterocycles. The van der Waals surface area contributed by atoms with Crippen LogP contribution in [0.3, 0.4) is 0 Å². The zero-order valence-corrected chi connectivity index (χ0v) is 9.98. The standard InChI is InChI=1S/C14H19NO2/c16-10-14(5-6-14)9-15-7-11-8-17-13-4-2-1-3-12(11)13/h1-4,11,15-16H,5-10H2. The van der Waals surface area contributed by atoms with Gasteiger partial charge in [0.25, 0.3) is 0 Å². The Balaban J connectivity index is 1.54. The van der Waals surface area contributed by atoms with Gasteiger partial charge in [0.15, 0.2) is 0 Å². The maximum absolute atomic E-state index is 9.24. The lowest BCUT2D eigenvalue weighted by molar-refractivity contribution is 0.206. The topological polar surface area (TPSA) is 41.5 Å². The van der Waals surface area contributed by atoms with Crippen LogP contribution >= 0.6 is 0 Å². The summed E-state index contributed by atoms with van der Waals surface area (Å²) in [6.07, 6.45) is 2.32. The van der Waals surface area contributed by atoms with Gasteiger partial charge in [0.05, 0.1) is 6.61 Å². The Labute approximate surface area is 102 Å². The number of aliphatic hydroxyl groups is 1. The molecule has 0 saturated heterocycles. The first-order valence-corrected chi connectivity index (χ1v) is 6.36. The van der Waals surface area contributed by atoms with Crippen LogP contribution in [-0.2, 0) is 0 Å². The third-order valence-corrected chi connectivity index (χ3v) is 3.98. The summed E-state index contributed by atoms with van der Waals surface area (Å²) in [7, 11) is 0. The van der Waals surface area contributed by atoms with Crippen LogP contribution in [0.1, 0.15) is 24.3 Å². The van der Waals surface area contributed by atoms with Gasteiger partial charge in [-0.1, -0.05) is 18.2 Å². The van der Waals surface area contributed by atoms with Crippen molar-refractivity contribution in [3.63, 3.8) is 0 Å². The maximum Gasteiger partial charge on any atom is 0.122 e. The quantitative estimate of drug-likeness (QED) is 0.810. The van der Waals surface area contributed by atoms with Gasteiger partial charge in [0.2, 0.25) is 0 Å². The van der Waals surface area contributed by atoms with E-state index in [1.807, 2.05) is 12.1 Å². The van der Waals surface area contributed by atoms with Crippen molar-refractivity contribution < 1.29 is 9.84 Å². The van der Waals surface area contributed by atoms with Gasteiger partial charge in [-0.05, 0) is 18.9 Å². The van der Waals surface area contributed by atoms with Gasteiger partial charge in [-0.25, -0.2) is 0 Å². The second-order valence-corrected chi connectivity index (χ2v) is 5.33. The highest BCUT2D eigenvalue weighted by Gasteiger charge is 2.41. The number of ether oxygens (including phenoxy) is 1. The molecule has 0 radical (unpaired) electrons. The highest BCUT2D eigenvalue weighted by Crippen LogP contribution is 2.44. The third-order valence-electron chi connectivity index (χ3n) is 3.98. The molecule has 1 saturated carbocycles. The zero-order chi connectivity index (χ0) is 11.7. The fraction of sp³-hybridized carbons (Fsp3) is 0.571. The van der Waals surface area contributed by atoms with Gasteiger partial charge in [0.1, 0.15) is 5.75 Å². The summed E-state index contributed by atoms with van der Waals surface area (Å²) >= 11 is 0. The molecule has 1 unspecified atom stereocenters. The monoisotopic (exact) mass is 233 g/mol. The van der Waals surface area contributed by atoms with E-state index in [0.29, 0.717) is 12.5 Å². The van der Waals surface area contributed by atoms with Gasteiger partial charge in [0, 0.05) is 36.6 Å². The van der Waals surface area contributed by atoms with E-state index >= 15 is 0 Å². The lowest BCUT2D eigenvalue weighted by Gasteiger charge is -2.15. The Morgan fingerprint density at radius 3 is 2.94 bits per heavy atom. The molecule has 92 valence electrons. The molecule has 3 rings (SSSR count). The predicted octanol–water partition coefficient (Wildman–Crippen LogP) is 1.52. The summed E-state index contributed by atoms with van der Waals surface area (Å²) in [5.74, 6) is 1.49. The highest BCUT2D eigenvalue weighted by atomic mass is 16.5. The molecule has 0 amide bonds. The van der Waals surface area contributed by atoms with Gasteiger partial charge >= 0.3 is 0 Å². The van der Waals surface area contributed by atoms with Crippen LogP contribution in [0.5, 0.6) is 5.75 Å². The Morgan fingerprint density at radius 2 is 2.18 bits per heavy atom. The number of benzene rings is 1. The van der Waals surface area contributed by atoms with E-state index < -0.39 is 0 Å². The number of rotatable bonds is 5. The minimum absolute atomic E-state index is 0.193. The number of aliphatic hydroxyl groups excluding tert-OH is 1. The normalized spacial score (nSPS) is 24.2. The molecule has 1 fully saturated rings. The van der Waals surface area contributed by atoms with E-state index in [1.54, 1.807) is 0 Å². The Kier molecular flexibility index (Phi) is 2.81. The van der Waals surface area contributed by atoms with E-state index in [9.17, 15) is 5.11 Å². The van der Waals surface area contributed by atoms with Crippen LogP contribution in [0.2, 0.25) is 0 Å². The molecule has 3 nitrogen and oxygen atoms in total. The van der Waals surface area contributed by atoms with E-state index in [1.165, 1.54) is 5.56 Å². The number of fused-ring (bicyclic) bond motifs is 1. The maximum atomic E-state index is 9.24. The first kappa shape index (κ1) is 11.1. The largest absolute Gasteiger partial charge is 0.493 e. The molecule has 0 aromatic heterocycles. The molecular weight excluding hydrogens is 214 g/mol. The van der Waals surface area contributed by atoms with Crippen molar-refractivity contribution in [2.75, 3.05) is 26.3 Å². The average molecular weight is 233 g/mol. The molecule has 0 spiro atoms. The fourth-order valence-corrected chi connectivity index (χ4v) is 2.48. The van der Waals surface area contributed by atoms with E-state index in [-0.39, 0.29) is 5.41 Å². The number of hydrogen-bond donors (Lipinski definition) is 2. The van der Waals surface area contributed by atoms with Gasteiger partial charge in [-0.2, -0.15) is 0 Å². The first-order chi connectivity index (χ1) is 8.33. The predicted molar refractivity (Wildman–Crippen MR) is 66.3 cm³/mol. The second-order valence-electron chi connectivity index (χ2n) is 5.33. The summed E-state index contributed by atoms with van der Waals surface area (Å²) in [5.41, 5.74) is 1.51. The van der Waals surface area contributed by atoms with Crippen LogP contribution in [0, 0.1) is 5.41 Å². The SMILES string of the molecule is OCC1(CNCC2COc3ccccc32)CC1. The van der Waals surface area contributed by atoms with Crippen LogP contribution in [0.15, 0.2) is 24.3 Å². The van der Waals surface area contributed by atoms with Gasteiger partial charge < -0.3 is 15.2 Å². The number of para-hydroxylation sites is 1. The Hall–Kier alpha value is -1.06. The molecule has 17 heavy (non-hydrogen) atoms. The van der Waals surface area contributed by atoms with Crippen molar-refractivity contribution in [3.05, 3.63) is 29.8 Å². The van der Waals surface area contributed by atoms with Crippen molar-refractivity contribution in [2.24, 2.45) is 5.41 Å². The second kappa shape index (κ2) is 4.31. The van der Waals surface area contributed by atoms with Gasteiger partial charge in [-0.3, -0.25) is 0 Å². The van der Waals surface area contributed by atoms with E-state index in [4.69, 9.17) is 4.74 Å². The third kappa shape index (κ3) is 2.17. The lowest BCUT2D eigenvalue weighted by atomic mass is 10.0. The molecule has 1 aromatic carbocycles. The van der Waals surface area contributed by atoms with Crippen LogP contribution in [0.4, 0.5) is 0 Å².